The van der Waals surface area contributed by atoms with Gasteiger partial charge < -0.3 is 9.30 Å². The van der Waals surface area contributed by atoms with Gasteiger partial charge in [0.05, 0.1) is 12.9 Å². The van der Waals surface area contributed by atoms with Crippen molar-refractivity contribution in [2.75, 3.05) is 18.2 Å². The summed E-state index contributed by atoms with van der Waals surface area (Å²) in [6.07, 6.45) is 1.49. The number of rotatable bonds is 8. The third kappa shape index (κ3) is 5.52. The van der Waals surface area contributed by atoms with Gasteiger partial charge in [-0.2, -0.15) is 5.26 Å². The second kappa shape index (κ2) is 10.2. The number of hydrogen-bond donors (Lipinski definition) is 1. The average Bonchev–Trinajstić information content (AvgIpc) is 3.35. The molecule has 9 nitrogen and oxygen atoms in total. The number of methoxy groups -OCH3 is 1. The summed E-state index contributed by atoms with van der Waals surface area (Å²) in [5, 5.41) is 19.5. The van der Waals surface area contributed by atoms with E-state index in [2.05, 4.69) is 15.5 Å². The van der Waals surface area contributed by atoms with Crippen molar-refractivity contribution in [3.8, 4) is 17.5 Å². The number of ether oxygens (including phenoxy) is 1. The number of carbonyl (C=O) groups excluding carboxylic acids is 1. The molecule has 0 aliphatic carbocycles. The lowest BCUT2D eigenvalue weighted by Crippen LogP contribution is -2.13. The van der Waals surface area contributed by atoms with Crippen LogP contribution in [0.1, 0.15) is 30.8 Å². The summed E-state index contributed by atoms with van der Waals surface area (Å²) in [7, 11) is -1.99. The van der Waals surface area contributed by atoms with Crippen molar-refractivity contribution in [2.45, 2.75) is 32.0 Å². The van der Waals surface area contributed by atoms with Crippen molar-refractivity contribution in [3.63, 3.8) is 0 Å². The Morgan fingerprint density at radius 2 is 2.03 bits per heavy atom. The molecule has 0 bridgehead atoms. The number of hydrogen-bond acceptors (Lipinski definition) is 8. The Labute approximate surface area is 202 Å². The molecule has 0 radical (unpaired) electrons. The van der Waals surface area contributed by atoms with E-state index in [9.17, 15) is 18.5 Å². The standard InChI is InChI=1S/C23H25N5O4S2/c1-14(2)13-34(30,31)23-27-26-22(33-23)25-21(29)18(12-24)10-17-9-15(3)28(16(17)4)19-7-6-8-20(11-19)32-5/h6-11,14H,13H2,1-5H3,(H,25,26,29)/b18-10-. The monoisotopic (exact) mass is 499 g/mol. The number of aryl methyl sites for hydroxylation is 1. The van der Waals surface area contributed by atoms with E-state index in [1.165, 1.54) is 6.08 Å². The van der Waals surface area contributed by atoms with Crippen LogP contribution in [0.5, 0.6) is 5.75 Å². The van der Waals surface area contributed by atoms with Gasteiger partial charge in [0.2, 0.25) is 19.3 Å². The van der Waals surface area contributed by atoms with E-state index >= 15 is 0 Å². The molecule has 0 aliphatic heterocycles. The van der Waals surface area contributed by atoms with Gasteiger partial charge in [0, 0.05) is 23.1 Å². The molecule has 0 atom stereocenters. The van der Waals surface area contributed by atoms with Crippen molar-refractivity contribution in [3.05, 3.63) is 52.9 Å². The largest absolute Gasteiger partial charge is 0.497 e. The predicted octanol–water partition coefficient (Wildman–Crippen LogP) is 3.93. The maximum atomic E-state index is 12.7. The lowest BCUT2D eigenvalue weighted by atomic mass is 10.1. The van der Waals surface area contributed by atoms with Gasteiger partial charge in [0.15, 0.2) is 0 Å². The van der Waals surface area contributed by atoms with Gasteiger partial charge in [-0.15, -0.1) is 10.2 Å². The number of nitriles is 1. The molecule has 34 heavy (non-hydrogen) atoms. The van der Waals surface area contributed by atoms with Crippen LogP contribution >= 0.6 is 11.3 Å². The fourth-order valence-electron chi connectivity index (χ4n) is 3.45. The second-order valence-corrected chi connectivity index (χ2v) is 11.2. The smallest absolute Gasteiger partial charge is 0.268 e. The molecule has 1 aromatic carbocycles. The first-order chi connectivity index (χ1) is 16.1. The van der Waals surface area contributed by atoms with Crippen molar-refractivity contribution in [1.82, 2.24) is 14.8 Å². The maximum absolute atomic E-state index is 12.7. The van der Waals surface area contributed by atoms with Crippen molar-refractivity contribution >= 4 is 38.3 Å². The van der Waals surface area contributed by atoms with Crippen molar-refractivity contribution < 1.29 is 17.9 Å². The number of aromatic nitrogens is 3. The quantitative estimate of drug-likeness (QED) is 0.283. The number of benzene rings is 1. The molecule has 0 fully saturated rings. The summed E-state index contributed by atoms with van der Waals surface area (Å²) in [5.41, 5.74) is 3.20. The highest BCUT2D eigenvalue weighted by atomic mass is 32.2. The number of sulfone groups is 1. The minimum absolute atomic E-state index is 0.00957. The topological polar surface area (TPSA) is 127 Å². The van der Waals surface area contributed by atoms with Crippen LogP contribution in [0.4, 0.5) is 5.13 Å². The van der Waals surface area contributed by atoms with Gasteiger partial charge in [-0.05, 0) is 49.6 Å². The van der Waals surface area contributed by atoms with Crippen LogP contribution in [0.25, 0.3) is 11.8 Å². The molecular weight excluding hydrogens is 474 g/mol. The summed E-state index contributed by atoms with van der Waals surface area (Å²) in [5.74, 6) is -0.123. The van der Waals surface area contributed by atoms with Crippen LogP contribution in [0.2, 0.25) is 0 Å². The fourth-order valence-corrected chi connectivity index (χ4v) is 6.05. The molecule has 178 valence electrons. The zero-order valence-corrected chi connectivity index (χ0v) is 21.1. The van der Waals surface area contributed by atoms with Crippen LogP contribution in [0.3, 0.4) is 0 Å². The van der Waals surface area contributed by atoms with E-state index in [1.54, 1.807) is 21.0 Å². The summed E-state index contributed by atoms with van der Waals surface area (Å²) >= 11 is 0.760. The molecule has 0 saturated heterocycles. The van der Waals surface area contributed by atoms with Gasteiger partial charge >= 0.3 is 0 Å². The Balaban J connectivity index is 1.86. The molecule has 3 rings (SSSR count). The van der Waals surface area contributed by atoms with Gasteiger partial charge in [0.1, 0.15) is 17.4 Å². The van der Waals surface area contributed by atoms with Crippen LogP contribution in [-0.4, -0.2) is 42.0 Å². The third-order valence-corrected chi connectivity index (χ3v) is 8.26. The van der Waals surface area contributed by atoms with E-state index in [0.717, 1.165) is 28.4 Å². The van der Waals surface area contributed by atoms with Gasteiger partial charge in [-0.1, -0.05) is 31.3 Å². The minimum atomic E-state index is -3.59. The second-order valence-electron chi connectivity index (χ2n) is 8.04. The first kappa shape index (κ1) is 25.1. The van der Waals surface area contributed by atoms with Gasteiger partial charge in [-0.25, -0.2) is 8.42 Å². The average molecular weight is 500 g/mol. The van der Waals surface area contributed by atoms with E-state index in [4.69, 9.17) is 4.74 Å². The van der Waals surface area contributed by atoms with Crippen molar-refractivity contribution in [2.24, 2.45) is 5.92 Å². The Kier molecular flexibility index (Phi) is 7.54. The van der Waals surface area contributed by atoms with E-state index in [-0.39, 0.29) is 26.7 Å². The first-order valence-electron chi connectivity index (χ1n) is 10.4. The Bertz CT molecular complexity index is 1390. The van der Waals surface area contributed by atoms with Crippen molar-refractivity contribution in [1.29, 1.82) is 5.26 Å². The normalized spacial score (nSPS) is 12.0. The van der Waals surface area contributed by atoms with E-state index in [1.807, 2.05) is 54.8 Å². The van der Waals surface area contributed by atoms with E-state index in [0.29, 0.717) is 11.3 Å². The number of nitrogens with zero attached hydrogens (tertiary/aromatic N) is 4. The third-order valence-electron chi connectivity index (χ3n) is 4.89. The highest BCUT2D eigenvalue weighted by Crippen LogP contribution is 2.26. The molecular formula is C23H25N5O4S2. The zero-order valence-electron chi connectivity index (χ0n) is 19.5. The van der Waals surface area contributed by atoms with Gasteiger partial charge in [0.25, 0.3) is 5.91 Å². The number of nitrogens with one attached hydrogen (secondary N) is 1. The molecule has 3 aromatic rings. The highest BCUT2D eigenvalue weighted by Gasteiger charge is 2.23. The number of amides is 1. The Hall–Kier alpha value is -3.49. The summed E-state index contributed by atoms with van der Waals surface area (Å²) in [4.78, 5) is 12.7. The number of carbonyl (C=O) groups is 1. The van der Waals surface area contributed by atoms with Gasteiger partial charge in [-0.3, -0.25) is 10.1 Å². The molecule has 0 aliphatic rings. The SMILES string of the molecule is COc1cccc(-n2c(C)cc(/C=C(/C#N)C(=O)Nc3nnc(S(=O)(=O)CC(C)C)s3)c2C)c1. The van der Waals surface area contributed by atoms with Crippen LogP contribution in [0, 0.1) is 31.1 Å². The molecule has 11 heteroatoms. The molecule has 1 amide bonds. The van der Waals surface area contributed by atoms with Crippen LogP contribution < -0.4 is 10.1 Å². The summed E-state index contributed by atoms with van der Waals surface area (Å²) < 4.78 is 31.8. The van der Waals surface area contributed by atoms with Crippen LogP contribution in [-0.2, 0) is 14.6 Å². The highest BCUT2D eigenvalue weighted by molar-refractivity contribution is 7.93. The molecule has 0 unspecified atom stereocenters. The molecule has 1 N–H and O–H groups in total. The summed E-state index contributed by atoms with van der Waals surface area (Å²) in [6.45, 7) is 7.39. The lowest BCUT2D eigenvalue weighted by Gasteiger charge is -2.11. The molecule has 2 heterocycles. The zero-order chi connectivity index (χ0) is 25.0. The molecule has 0 saturated carbocycles. The van der Waals surface area contributed by atoms with Crippen LogP contribution in [0.15, 0.2) is 40.2 Å². The maximum Gasteiger partial charge on any atom is 0.268 e. The minimum Gasteiger partial charge on any atom is -0.497 e. The lowest BCUT2D eigenvalue weighted by molar-refractivity contribution is -0.112. The first-order valence-corrected chi connectivity index (χ1v) is 12.9. The Morgan fingerprint density at radius 1 is 1.29 bits per heavy atom. The Morgan fingerprint density at radius 3 is 2.68 bits per heavy atom. The molecule has 2 aromatic heterocycles. The predicted molar refractivity (Wildman–Crippen MR) is 131 cm³/mol. The van der Waals surface area contributed by atoms with E-state index < -0.39 is 15.7 Å². The summed E-state index contributed by atoms with van der Waals surface area (Å²) in [6, 6.07) is 11.3. The fraction of sp³-hybridized carbons (Fsp3) is 0.304. The molecule has 0 spiro atoms. The number of anilines is 1.